The fourth-order valence-electron chi connectivity index (χ4n) is 4.69. The summed E-state index contributed by atoms with van der Waals surface area (Å²) in [4.78, 5) is 23.5. The number of amidine groups is 1. The number of rotatable bonds is 8. The molecule has 1 fully saturated rings. The third-order valence-electron chi connectivity index (χ3n) is 6.76. The van der Waals surface area contributed by atoms with Gasteiger partial charge in [-0.2, -0.15) is 4.99 Å². The summed E-state index contributed by atoms with van der Waals surface area (Å²) in [6, 6.07) is 19.1. The molecule has 0 spiro atoms. The summed E-state index contributed by atoms with van der Waals surface area (Å²) in [6.45, 7) is 6.69. The topological polar surface area (TPSA) is 87.9 Å². The Bertz CT molecular complexity index is 1720. The van der Waals surface area contributed by atoms with Crippen molar-refractivity contribution in [2.24, 2.45) is 4.99 Å². The average molecular weight is 654 g/mol. The fourth-order valence-corrected chi connectivity index (χ4v) is 5.85. The van der Waals surface area contributed by atoms with Crippen LogP contribution >= 0.6 is 24.0 Å². The van der Waals surface area contributed by atoms with Crippen molar-refractivity contribution in [1.29, 1.82) is 0 Å². The number of thiocarbonyl (C=S) groups is 1. The Balaban J connectivity index is 1.20. The lowest BCUT2D eigenvalue weighted by Gasteiger charge is -2.23. The van der Waals surface area contributed by atoms with E-state index in [9.17, 15) is 18.0 Å². The summed E-state index contributed by atoms with van der Waals surface area (Å²) in [5.74, 6) is 0.646. The number of hydrazine groups is 1. The molecule has 1 aromatic heterocycles. The van der Waals surface area contributed by atoms with E-state index in [1.165, 1.54) is 47.0 Å². The molecule has 234 valence electrons. The summed E-state index contributed by atoms with van der Waals surface area (Å²) in [5, 5.41) is 7.03. The standard InChI is InChI=1S/C31H30F3N7O2S2/c1-19(2)25-14-5-20(3)15-26(25)41-27(42)17-45-30(41)36-29(44)38-39(4)16-21-6-8-22(9-7-21)28-35-18-40(37-28)23-10-12-24(13-11-23)43-31(32,33)34/h5-15,18-19H,16-17H2,1-4H3,(H,38,44)/b36-30-. The number of benzene rings is 3. The van der Waals surface area contributed by atoms with Crippen molar-refractivity contribution in [1.82, 2.24) is 25.2 Å². The van der Waals surface area contributed by atoms with Crippen LogP contribution in [0.5, 0.6) is 5.75 Å². The van der Waals surface area contributed by atoms with Crippen LogP contribution in [-0.2, 0) is 11.3 Å². The molecule has 14 heteroatoms. The predicted molar refractivity (Wildman–Crippen MR) is 173 cm³/mol. The molecule has 0 radical (unpaired) electrons. The van der Waals surface area contributed by atoms with Crippen molar-refractivity contribution in [2.75, 3.05) is 17.7 Å². The number of aryl methyl sites for hydroxylation is 1. The highest BCUT2D eigenvalue weighted by Gasteiger charge is 2.32. The number of hydrogen-bond acceptors (Lipinski definition) is 7. The molecule has 0 bridgehead atoms. The summed E-state index contributed by atoms with van der Waals surface area (Å²) in [7, 11) is 1.84. The summed E-state index contributed by atoms with van der Waals surface area (Å²) in [6.07, 6.45) is -3.26. The van der Waals surface area contributed by atoms with Gasteiger partial charge in [-0.25, -0.2) is 14.7 Å². The van der Waals surface area contributed by atoms with Gasteiger partial charge in [0.15, 0.2) is 11.0 Å². The minimum absolute atomic E-state index is 0.0322. The molecule has 4 aromatic rings. The second-order valence-electron chi connectivity index (χ2n) is 10.7. The summed E-state index contributed by atoms with van der Waals surface area (Å²) < 4.78 is 42.7. The van der Waals surface area contributed by atoms with E-state index in [1.807, 2.05) is 50.4 Å². The maximum absolute atomic E-state index is 12.9. The van der Waals surface area contributed by atoms with Gasteiger partial charge < -0.3 is 4.74 Å². The summed E-state index contributed by atoms with van der Waals surface area (Å²) >= 11 is 6.89. The van der Waals surface area contributed by atoms with E-state index >= 15 is 0 Å². The lowest BCUT2D eigenvalue weighted by Crippen LogP contribution is -2.38. The second-order valence-corrected chi connectivity index (χ2v) is 12.0. The molecule has 45 heavy (non-hydrogen) atoms. The van der Waals surface area contributed by atoms with Gasteiger partial charge in [-0.05, 0) is 72.1 Å². The van der Waals surface area contributed by atoms with Crippen LogP contribution in [0.25, 0.3) is 17.1 Å². The SMILES string of the molecule is Cc1ccc(C(C)C)c(N2C(=O)CS/C2=N\C(=S)NN(C)Cc2ccc(-c3ncn(-c4ccc(OC(F)(F)F)cc4)n3)cc2)c1. The molecule has 0 aliphatic carbocycles. The minimum atomic E-state index is -4.75. The van der Waals surface area contributed by atoms with Crippen LogP contribution in [0.2, 0.25) is 0 Å². The van der Waals surface area contributed by atoms with Gasteiger partial charge in [-0.1, -0.05) is 62.0 Å². The molecular formula is C31H30F3N7O2S2. The van der Waals surface area contributed by atoms with E-state index in [0.29, 0.717) is 29.0 Å². The smallest absolute Gasteiger partial charge is 0.406 e. The third kappa shape index (κ3) is 8.07. The Morgan fingerprint density at radius 3 is 2.51 bits per heavy atom. The van der Waals surface area contributed by atoms with E-state index < -0.39 is 6.36 Å². The first kappa shape index (κ1) is 32.1. The van der Waals surface area contributed by atoms with Crippen LogP contribution in [0.3, 0.4) is 0 Å². The average Bonchev–Trinajstić information content (AvgIpc) is 3.60. The molecule has 1 N–H and O–H groups in total. The normalized spacial score (nSPS) is 14.6. The Labute approximate surface area is 268 Å². The molecule has 5 rings (SSSR count). The molecule has 1 saturated heterocycles. The quantitative estimate of drug-likeness (QED) is 0.168. The highest BCUT2D eigenvalue weighted by molar-refractivity contribution is 8.15. The van der Waals surface area contributed by atoms with Gasteiger partial charge in [0.1, 0.15) is 12.1 Å². The van der Waals surface area contributed by atoms with E-state index in [4.69, 9.17) is 12.2 Å². The molecule has 0 atom stereocenters. The highest BCUT2D eigenvalue weighted by Crippen LogP contribution is 2.34. The van der Waals surface area contributed by atoms with E-state index in [0.717, 1.165) is 27.9 Å². The number of carbonyl (C=O) groups is 1. The number of aromatic nitrogens is 3. The van der Waals surface area contributed by atoms with Crippen LogP contribution in [0.1, 0.15) is 36.5 Å². The number of carbonyl (C=O) groups excluding carboxylic acids is 1. The number of thioether (sulfide) groups is 1. The lowest BCUT2D eigenvalue weighted by atomic mass is 9.99. The van der Waals surface area contributed by atoms with Crippen LogP contribution in [0.4, 0.5) is 18.9 Å². The largest absolute Gasteiger partial charge is 0.573 e. The molecular weight excluding hydrogens is 624 g/mol. The third-order valence-corrected chi connectivity index (χ3v) is 7.86. The van der Waals surface area contributed by atoms with Crippen molar-refractivity contribution in [3.05, 3.63) is 89.7 Å². The number of hydrogen-bond donors (Lipinski definition) is 1. The number of halogens is 3. The van der Waals surface area contributed by atoms with E-state index in [2.05, 4.69) is 45.2 Å². The Hall–Kier alpha value is -4.27. The lowest BCUT2D eigenvalue weighted by molar-refractivity contribution is -0.274. The van der Waals surface area contributed by atoms with Crippen molar-refractivity contribution < 1.29 is 22.7 Å². The van der Waals surface area contributed by atoms with Crippen molar-refractivity contribution >= 4 is 45.9 Å². The first-order valence-electron chi connectivity index (χ1n) is 13.9. The van der Waals surface area contributed by atoms with E-state index in [-0.39, 0.29) is 22.7 Å². The second kappa shape index (κ2) is 13.4. The summed E-state index contributed by atoms with van der Waals surface area (Å²) in [5.41, 5.74) is 8.35. The van der Waals surface area contributed by atoms with Crippen molar-refractivity contribution in [3.8, 4) is 22.8 Å². The number of alkyl halides is 3. The Morgan fingerprint density at radius 2 is 1.84 bits per heavy atom. The molecule has 1 amide bonds. The maximum atomic E-state index is 12.9. The highest BCUT2D eigenvalue weighted by atomic mass is 32.2. The van der Waals surface area contributed by atoms with Crippen LogP contribution in [0, 0.1) is 6.92 Å². The number of aliphatic imine (C=N–C) groups is 1. The van der Waals surface area contributed by atoms with Crippen molar-refractivity contribution in [3.63, 3.8) is 0 Å². The monoisotopic (exact) mass is 653 g/mol. The molecule has 1 aliphatic rings. The zero-order chi connectivity index (χ0) is 32.3. The number of anilines is 1. The zero-order valence-corrected chi connectivity index (χ0v) is 26.5. The molecule has 9 nitrogen and oxygen atoms in total. The number of nitrogens with zero attached hydrogens (tertiary/aromatic N) is 6. The molecule has 3 aromatic carbocycles. The van der Waals surface area contributed by atoms with Gasteiger partial charge in [0, 0.05) is 19.2 Å². The van der Waals surface area contributed by atoms with Crippen LogP contribution in [-0.4, -0.2) is 55.1 Å². The maximum Gasteiger partial charge on any atom is 0.573 e. The van der Waals surface area contributed by atoms with E-state index in [1.54, 1.807) is 9.91 Å². The molecule has 2 heterocycles. The Kier molecular flexibility index (Phi) is 9.56. The first-order valence-corrected chi connectivity index (χ1v) is 15.3. The predicted octanol–water partition coefficient (Wildman–Crippen LogP) is 6.62. The molecule has 0 saturated carbocycles. The van der Waals surface area contributed by atoms with Crippen LogP contribution < -0.4 is 15.1 Å². The number of amides is 1. The van der Waals surface area contributed by atoms with Gasteiger partial charge >= 0.3 is 6.36 Å². The number of nitrogens with one attached hydrogen (secondary N) is 1. The van der Waals surface area contributed by atoms with Gasteiger partial charge in [0.05, 0.1) is 17.1 Å². The first-order chi connectivity index (χ1) is 21.4. The number of ether oxygens (including phenoxy) is 1. The van der Waals surface area contributed by atoms with Gasteiger partial charge in [-0.15, -0.1) is 18.3 Å². The zero-order valence-electron chi connectivity index (χ0n) is 24.9. The molecule has 0 unspecified atom stereocenters. The minimum Gasteiger partial charge on any atom is -0.406 e. The molecule has 1 aliphatic heterocycles. The van der Waals surface area contributed by atoms with Crippen molar-refractivity contribution in [2.45, 2.75) is 39.6 Å². The van der Waals surface area contributed by atoms with Gasteiger partial charge in [0.25, 0.3) is 0 Å². The van der Waals surface area contributed by atoms with Gasteiger partial charge in [0.2, 0.25) is 11.0 Å². The Morgan fingerprint density at radius 1 is 1.13 bits per heavy atom. The van der Waals surface area contributed by atoms with Gasteiger partial charge in [-0.3, -0.25) is 15.1 Å². The van der Waals surface area contributed by atoms with Crippen LogP contribution in [0.15, 0.2) is 78.0 Å². The fraction of sp³-hybridized carbons (Fsp3) is 0.258.